The van der Waals surface area contributed by atoms with Crippen LogP contribution in [0.2, 0.25) is 5.02 Å². The van der Waals surface area contributed by atoms with Crippen LogP contribution >= 0.6 is 35.2 Å². The molecule has 178 valence electrons. The number of benzene rings is 1. The highest BCUT2D eigenvalue weighted by Crippen LogP contribution is 2.28. The molecule has 6 nitrogen and oxygen atoms in total. The van der Waals surface area contributed by atoms with Gasteiger partial charge in [-0.15, -0.1) is 11.3 Å². The fourth-order valence-electron chi connectivity index (χ4n) is 3.11. The van der Waals surface area contributed by atoms with Crippen molar-refractivity contribution in [2.24, 2.45) is 11.7 Å². The third-order valence-corrected chi connectivity index (χ3v) is 6.97. The summed E-state index contributed by atoms with van der Waals surface area (Å²) in [5.41, 5.74) is 7.16. The first-order valence-electron chi connectivity index (χ1n) is 10.8. The molecule has 3 aromatic rings. The minimum Gasteiger partial charge on any atom is -0.451 e. The lowest BCUT2D eigenvalue weighted by Gasteiger charge is -2.12. The highest BCUT2D eigenvalue weighted by molar-refractivity contribution is 7.71. The molecule has 1 atom stereocenters. The first-order valence-corrected chi connectivity index (χ1v) is 12.4. The molecule has 34 heavy (non-hydrogen) atoms. The first kappa shape index (κ1) is 25.9. The van der Waals surface area contributed by atoms with Crippen LogP contribution in [0.1, 0.15) is 41.6 Å². The van der Waals surface area contributed by atoms with Crippen molar-refractivity contribution in [1.82, 2.24) is 9.88 Å². The summed E-state index contributed by atoms with van der Waals surface area (Å²) in [4.78, 5) is 26.5. The molecular weight excluding hydrogens is 490 g/mol. The van der Waals surface area contributed by atoms with E-state index in [1.54, 1.807) is 18.3 Å². The zero-order chi connectivity index (χ0) is 24.8. The lowest BCUT2D eigenvalue weighted by atomic mass is 10.1. The van der Waals surface area contributed by atoms with Crippen molar-refractivity contribution in [1.29, 1.82) is 0 Å². The highest BCUT2D eigenvalue weighted by atomic mass is 35.5. The standard InChI is InChI=1S/C25H26ClN3O3S2/c1-4-29-14-20(23(30)28-13-16-7-9-17(26)10-8-16)22(33)19-12-18(34-24(19)29)6-5-11-32-25(31)21(27)15(2)3/h7-10,12,14-15,21H,4,11,13,27H2,1-3H3,(H,28,30). The number of rotatable bonds is 7. The number of ether oxygens (including phenoxy) is 1. The Hall–Kier alpha value is -2.70. The van der Waals surface area contributed by atoms with Crippen molar-refractivity contribution in [3.05, 3.63) is 62.1 Å². The number of pyridine rings is 1. The van der Waals surface area contributed by atoms with E-state index in [2.05, 4.69) is 17.2 Å². The van der Waals surface area contributed by atoms with Crippen molar-refractivity contribution in [3.8, 4) is 11.8 Å². The molecule has 0 aliphatic carbocycles. The van der Waals surface area contributed by atoms with E-state index in [-0.39, 0.29) is 18.4 Å². The molecule has 2 aromatic heterocycles. The number of hydrogen-bond acceptors (Lipinski definition) is 6. The Morgan fingerprint density at radius 3 is 2.65 bits per heavy atom. The number of carbonyl (C=O) groups excluding carboxylic acids is 2. The van der Waals surface area contributed by atoms with Gasteiger partial charge in [0, 0.05) is 29.7 Å². The molecule has 0 saturated carbocycles. The smallest absolute Gasteiger partial charge is 0.324 e. The van der Waals surface area contributed by atoms with E-state index < -0.39 is 12.0 Å². The summed E-state index contributed by atoms with van der Waals surface area (Å²) in [6.07, 6.45) is 1.78. The number of thiophene rings is 1. The zero-order valence-electron chi connectivity index (χ0n) is 19.2. The molecule has 0 aliphatic rings. The van der Waals surface area contributed by atoms with Gasteiger partial charge in [0.25, 0.3) is 5.91 Å². The first-order chi connectivity index (χ1) is 16.2. The predicted molar refractivity (Wildman–Crippen MR) is 140 cm³/mol. The number of hydrogen-bond donors (Lipinski definition) is 2. The molecule has 0 spiro atoms. The van der Waals surface area contributed by atoms with Gasteiger partial charge in [-0.3, -0.25) is 9.59 Å². The molecule has 0 radical (unpaired) electrons. The van der Waals surface area contributed by atoms with Gasteiger partial charge < -0.3 is 20.4 Å². The number of halogens is 1. The number of fused-ring (bicyclic) bond motifs is 1. The number of aromatic nitrogens is 1. The summed E-state index contributed by atoms with van der Waals surface area (Å²) in [6, 6.07) is 8.51. The zero-order valence-corrected chi connectivity index (χ0v) is 21.6. The molecular formula is C25H26ClN3O3S2. The van der Waals surface area contributed by atoms with Gasteiger partial charge in [-0.2, -0.15) is 0 Å². The SMILES string of the molecule is CCn1cc(C(=O)NCc2ccc(Cl)cc2)c(=S)c2cc(C#CCOC(=O)C(N)C(C)C)sc21. The van der Waals surface area contributed by atoms with Crippen LogP contribution in [0.5, 0.6) is 0 Å². The van der Waals surface area contributed by atoms with E-state index in [0.717, 1.165) is 20.7 Å². The average Bonchev–Trinajstić information content (AvgIpc) is 3.25. The molecule has 0 bridgehead atoms. The van der Waals surface area contributed by atoms with E-state index in [1.807, 2.05) is 43.5 Å². The average molecular weight is 516 g/mol. The van der Waals surface area contributed by atoms with Crippen LogP contribution in [0, 0.1) is 22.3 Å². The van der Waals surface area contributed by atoms with Gasteiger partial charge >= 0.3 is 5.97 Å². The second-order valence-corrected chi connectivity index (χ2v) is 9.85. The maximum Gasteiger partial charge on any atom is 0.324 e. The lowest BCUT2D eigenvalue weighted by Crippen LogP contribution is -2.37. The third kappa shape index (κ3) is 6.24. The molecule has 1 unspecified atom stereocenters. The normalized spacial score (nSPS) is 11.7. The lowest BCUT2D eigenvalue weighted by molar-refractivity contribution is -0.144. The molecule has 3 N–H and O–H groups in total. The topological polar surface area (TPSA) is 86.4 Å². The number of carbonyl (C=O) groups is 2. The van der Waals surface area contributed by atoms with Crippen molar-refractivity contribution in [3.63, 3.8) is 0 Å². The summed E-state index contributed by atoms with van der Waals surface area (Å²) in [5.74, 6) is 5.16. The quantitative estimate of drug-likeness (QED) is 0.265. The van der Waals surface area contributed by atoms with Crippen molar-refractivity contribution < 1.29 is 14.3 Å². The van der Waals surface area contributed by atoms with Crippen LogP contribution < -0.4 is 11.1 Å². The summed E-state index contributed by atoms with van der Waals surface area (Å²) in [5, 5.41) is 4.36. The number of nitrogens with two attached hydrogens (primary N) is 1. The molecule has 1 aromatic carbocycles. The largest absolute Gasteiger partial charge is 0.451 e. The Morgan fingerprint density at radius 1 is 1.29 bits per heavy atom. The van der Waals surface area contributed by atoms with Gasteiger partial charge in [0.05, 0.1) is 15.0 Å². The van der Waals surface area contributed by atoms with E-state index in [1.165, 1.54) is 11.3 Å². The summed E-state index contributed by atoms with van der Waals surface area (Å²) in [6.45, 7) is 6.71. The van der Waals surface area contributed by atoms with Gasteiger partial charge in [0.2, 0.25) is 0 Å². The minimum atomic E-state index is -0.665. The van der Waals surface area contributed by atoms with Crippen molar-refractivity contribution in [2.45, 2.75) is 39.9 Å². The summed E-state index contributed by atoms with van der Waals surface area (Å²) < 4.78 is 7.60. The van der Waals surface area contributed by atoms with E-state index in [4.69, 9.17) is 34.3 Å². The Labute approximate surface area is 213 Å². The second-order valence-electron chi connectivity index (χ2n) is 7.98. The van der Waals surface area contributed by atoms with Crippen LogP contribution in [0.3, 0.4) is 0 Å². The fourth-order valence-corrected chi connectivity index (χ4v) is 4.68. The van der Waals surface area contributed by atoms with Crippen molar-refractivity contribution >= 4 is 57.2 Å². The third-order valence-electron chi connectivity index (χ3n) is 5.19. The summed E-state index contributed by atoms with van der Waals surface area (Å²) >= 11 is 13.0. The van der Waals surface area contributed by atoms with Crippen LogP contribution in [-0.2, 0) is 22.6 Å². The molecule has 0 aliphatic heterocycles. The van der Waals surface area contributed by atoms with Gasteiger partial charge in [-0.25, -0.2) is 0 Å². The van der Waals surface area contributed by atoms with Gasteiger partial charge in [0.1, 0.15) is 10.9 Å². The minimum absolute atomic E-state index is 0.00407. The number of esters is 1. The van der Waals surface area contributed by atoms with E-state index in [0.29, 0.717) is 28.2 Å². The van der Waals surface area contributed by atoms with Crippen LogP contribution in [-0.4, -0.2) is 29.1 Å². The summed E-state index contributed by atoms with van der Waals surface area (Å²) in [7, 11) is 0. The van der Waals surface area contributed by atoms with E-state index >= 15 is 0 Å². The number of nitrogens with one attached hydrogen (secondary N) is 1. The molecule has 1 amide bonds. The predicted octanol–water partition coefficient (Wildman–Crippen LogP) is 4.91. The number of amides is 1. The van der Waals surface area contributed by atoms with E-state index in [9.17, 15) is 9.59 Å². The van der Waals surface area contributed by atoms with Crippen LogP contribution in [0.15, 0.2) is 36.5 Å². The Morgan fingerprint density at radius 2 is 2.00 bits per heavy atom. The maximum absolute atomic E-state index is 12.9. The van der Waals surface area contributed by atoms with Gasteiger partial charge in [-0.1, -0.05) is 61.6 Å². The van der Waals surface area contributed by atoms with Gasteiger partial charge in [0.15, 0.2) is 6.61 Å². The molecule has 0 fully saturated rings. The van der Waals surface area contributed by atoms with Crippen LogP contribution in [0.25, 0.3) is 10.2 Å². The Balaban J connectivity index is 1.78. The highest BCUT2D eigenvalue weighted by Gasteiger charge is 2.18. The fraction of sp³-hybridized carbons (Fsp3) is 0.320. The van der Waals surface area contributed by atoms with Crippen LogP contribution in [0.4, 0.5) is 0 Å². The Kier molecular flexibility index (Phi) is 8.86. The molecule has 3 rings (SSSR count). The monoisotopic (exact) mass is 515 g/mol. The molecule has 0 saturated heterocycles. The molecule has 2 heterocycles. The van der Waals surface area contributed by atoms with Crippen molar-refractivity contribution in [2.75, 3.05) is 6.61 Å². The second kappa shape index (κ2) is 11.6. The number of aryl methyl sites for hydroxylation is 1. The number of nitrogens with zero attached hydrogens (tertiary/aromatic N) is 1. The Bertz CT molecular complexity index is 1320. The maximum atomic E-state index is 12.9. The van der Waals surface area contributed by atoms with Gasteiger partial charge in [-0.05, 0) is 36.6 Å². The molecule has 9 heteroatoms.